The van der Waals surface area contributed by atoms with Crippen molar-refractivity contribution in [3.05, 3.63) is 35.9 Å². The van der Waals surface area contributed by atoms with Crippen molar-refractivity contribution < 1.29 is 4.79 Å². The third-order valence-electron chi connectivity index (χ3n) is 2.75. The number of benzene rings is 1. The van der Waals surface area contributed by atoms with Crippen molar-refractivity contribution in [1.29, 1.82) is 0 Å². The first kappa shape index (κ1) is 13.2. The van der Waals surface area contributed by atoms with Crippen LogP contribution in [-0.2, 0) is 11.2 Å². The Morgan fingerprint density at radius 1 is 1.38 bits per heavy atom. The molecule has 0 heterocycles. The van der Waals surface area contributed by atoms with Crippen molar-refractivity contribution >= 4 is 21.8 Å². The number of hydrogen-bond donors (Lipinski definition) is 0. The van der Waals surface area contributed by atoms with Crippen LogP contribution >= 0.6 is 15.9 Å². The lowest BCUT2D eigenvalue weighted by atomic mass is 10.1. The summed E-state index contributed by atoms with van der Waals surface area (Å²) < 4.78 is 0. The van der Waals surface area contributed by atoms with Crippen LogP contribution in [0.5, 0.6) is 0 Å². The zero-order valence-electron chi connectivity index (χ0n) is 9.82. The Morgan fingerprint density at radius 3 is 2.56 bits per heavy atom. The summed E-state index contributed by atoms with van der Waals surface area (Å²) >= 11 is 3.39. The summed E-state index contributed by atoms with van der Waals surface area (Å²) in [5.41, 5.74) is 1.22. The Kier molecular flexibility index (Phi) is 5.53. The van der Waals surface area contributed by atoms with Gasteiger partial charge in [-0.3, -0.25) is 4.79 Å². The molecule has 1 aromatic carbocycles. The lowest BCUT2D eigenvalue weighted by molar-refractivity contribution is -0.131. The first-order valence-electron chi connectivity index (χ1n) is 5.50. The maximum atomic E-state index is 11.8. The van der Waals surface area contributed by atoms with Crippen LogP contribution in [0.4, 0.5) is 0 Å². The molecule has 0 aromatic heterocycles. The lowest BCUT2D eigenvalue weighted by Gasteiger charge is -2.23. The summed E-state index contributed by atoms with van der Waals surface area (Å²) in [5.74, 6) is 0.204. The molecular weight excluding hydrogens is 266 g/mol. The van der Waals surface area contributed by atoms with Crippen molar-refractivity contribution in [1.82, 2.24) is 4.90 Å². The van der Waals surface area contributed by atoms with E-state index in [1.807, 2.05) is 32.2 Å². The Bertz CT molecular complexity index is 326. The first-order valence-corrected chi connectivity index (χ1v) is 6.63. The SMILES string of the molecule is CC(CBr)N(C)C(=O)CCc1ccccc1. The highest BCUT2D eigenvalue weighted by molar-refractivity contribution is 9.09. The normalized spacial score (nSPS) is 12.2. The van der Waals surface area contributed by atoms with Gasteiger partial charge < -0.3 is 4.90 Å². The number of carbonyl (C=O) groups is 1. The van der Waals surface area contributed by atoms with Crippen molar-refractivity contribution in [3.63, 3.8) is 0 Å². The van der Waals surface area contributed by atoms with Gasteiger partial charge in [-0.2, -0.15) is 0 Å². The van der Waals surface area contributed by atoms with Gasteiger partial charge in [0.2, 0.25) is 5.91 Å². The largest absolute Gasteiger partial charge is 0.342 e. The van der Waals surface area contributed by atoms with Gasteiger partial charge in [-0.1, -0.05) is 46.3 Å². The standard InChI is InChI=1S/C13H18BrNO/c1-11(10-14)15(2)13(16)9-8-12-6-4-3-5-7-12/h3-7,11H,8-10H2,1-2H3. The van der Waals surface area contributed by atoms with Gasteiger partial charge in [-0.25, -0.2) is 0 Å². The predicted octanol–water partition coefficient (Wildman–Crippen LogP) is 2.86. The van der Waals surface area contributed by atoms with Gasteiger partial charge in [-0.15, -0.1) is 0 Å². The molecule has 0 N–H and O–H groups in total. The van der Waals surface area contributed by atoms with E-state index in [2.05, 4.69) is 28.1 Å². The Hall–Kier alpha value is -0.830. The predicted molar refractivity (Wildman–Crippen MR) is 70.8 cm³/mol. The molecule has 0 aliphatic heterocycles. The Balaban J connectivity index is 2.41. The fraction of sp³-hybridized carbons (Fsp3) is 0.462. The minimum Gasteiger partial charge on any atom is -0.342 e. The number of carbonyl (C=O) groups excluding carboxylic acids is 1. The highest BCUT2D eigenvalue weighted by Gasteiger charge is 2.13. The monoisotopic (exact) mass is 283 g/mol. The summed E-state index contributed by atoms with van der Waals surface area (Å²) in [6, 6.07) is 10.4. The number of aryl methyl sites for hydroxylation is 1. The molecule has 1 aromatic rings. The molecule has 2 nitrogen and oxygen atoms in total. The summed E-state index contributed by atoms with van der Waals surface area (Å²) in [6.07, 6.45) is 1.40. The molecule has 0 aliphatic rings. The zero-order chi connectivity index (χ0) is 12.0. The van der Waals surface area contributed by atoms with Gasteiger partial charge in [-0.05, 0) is 18.9 Å². The third-order valence-corrected chi connectivity index (χ3v) is 3.69. The van der Waals surface area contributed by atoms with Crippen LogP contribution in [0.1, 0.15) is 18.9 Å². The number of alkyl halides is 1. The number of rotatable bonds is 5. The van der Waals surface area contributed by atoms with Gasteiger partial charge in [0.15, 0.2) is 0 Å². The van der Waals surface area contributed by atoms with E-state index in [4.69, 9.17) is 0 Å². The second kappa shape index (κ2) is 6.69. The molecule has 0 fully saturated rings. The van der Waals surface area contributed by atoms with Gasteiger partial charge in [0.25, 0.3) is 0 Å². The quantitative estimate of drug-likeness (QED) is 0.761. The van der Waals surface area contributed by atoms with Crippen molar-refractivity contribution in [2.75, 3.05) is 12.4 Å². The van der Waals surface area contributed by atoms with Gasteiger partial charge in [0.1, 0.15) is 0 Å². The van der Waals surface area contributed by atoms with E-state index in [9.17, 15) is 4.79 Å². The van der Waals surface area contributed by atoms with Crippen LogP contribution in [-0.4, -0.2) is 29.2 Å². The van der Waals surface area contributed by atoms with Crippen molar-refractivity contribution in [2.45, 2.75) is 25.8 Å². The third kappa shape index (κ3) is 3.97. The van der Waals surface area contributed by atoms with Gasteiger partial charge in [0, 0.05) is 24.8 Å². The summed E-state index contributed by atoms with van der Waals surface area (Å²) in [6.45, 7) is 2.04. The molecule has 88 valence electrons. The molecule has 16 heavy (non-hydrogen) atoms. The highest BCUT2D eigenvalue weighted by atomic mass is 79.9. The molecular formula is C13H18BrNO. The van der Waals surface area contributed by atoms with Crippen LogP contribution in [0.3, 0.4) is 0 Å². The van der Waals surface area contributed by atoms with Crippen LogP contribution in [0.2, 0.25) is 0 Å². The number of nitrogens with zero attached hydrogens (tertiary/aromatic N) is 1. The van der Waals surface area contributed by atoms with E-state index < -0.39 is 0 Å². The second-order valence-electron chi connectivity index (χ2n) is 3.99. The van der Waals surface area contributed by atoms with Crippen LogP contribution < -0.4 is 0 Å². The minimum absolute atomic E-state index is 0.204. The highest BCUT2D eigenvalue weighted by Crippen LogP contribution is 2.07. The van der Waals surface area contributed by atoms with Gasteiger partial charge >= 0.3 is 0 Å². The first-order chi connectivity index (χ1) is 7.65. The molecule has 1 atom stereocenters. The van der Waals surface area contributed by atoms with Crippen molar-refractivity contribution in [2.24, 2.45) is 0 Å². The summed E-state index contributed by atoms with van der Waals surface area (Å²) in [4.78, 5) is 13.6. The minimum atomic E-state index is 0.204. The number of halogens is 1. The lowest BCUT2D eigenvalue weighted by Crippen LogP contribution is -2.36. The second-order valence-corrected chi connectivity index (χ2v) is 4.64. The zero-order valence-corrected chi connectivity index (χ0v) is 11.4. The van der Waals surface area contributed by atoms with E-state index in [0.29, 0.717) is 6.42 Å². The molecule has 0 aliphatic carbocycles. The van der Waals surface area contributed by atoms with Crippen LogP contribution in [0.15, 0.2) is 30.3 Å². The van der Waals surface area contributed by atoms with Gasteiger partial charge in [0.05, 0.1) is 0 Å². The molecule has 0 saturated carbocycles. The number of hydrogen-bond acceptors (Lipinski definition) is 1. The topological polar surface area (TPSA) is 20.3 Å². The fourth-order valence-corrected chi connectivity index (χ4v) is 1.86. The summed E-state index contributed by atoms with van der Waals surface area (Å²) in [7, 11) is 1.86. The molecule has 0 bridgehead atoms. The average Bonchev–Trinajstić information content (AvgIpc) is 2.35. The average molecular weight is 284 g/mol. The maximum Gasteiger partial charge on any atom is 0.222 e. The van der Waals surface area contributed by atoms with E-state index in [-0.39, 0.29) is 11.9 Å². The molecule has 3 heteroatoms. The summed E-state index contributed by atoms with van der Waals surface area (Å²) in [5, 5.41) is 0.820. The Labute approximate surface area is 106 Å². The number of amides is 1. The molecule has 1 unspecified atom stereocenters. The van der Waals surface area contributed by atoms with E-state index >= 15 is 0 Å². The smallest absolute Gasteiger partial charge is 0.222 e. The van der Waals surface area contributed by atoms with E-state index in [0.717, 1.165) is 11.8 Å². The molecule has 1 amide bonds. The maximum absolute atomic E-state index is 11.8. The van der Waals surface area contributed by atoms with E-state index in [1.54, 1.807) is 4.90 Å². The fourth-order valence-electron chi connectivity index (χ4n) is 1.42. The van der Waals surface area contributed by atoms with E-state index in [1.165, 1.54) is 5.56 Å². The van der Waals surface area contributed by atoms with Crippen molar-refractivity contribution in [3.8, 4) is 0 Å². The van der Waals surface area contributed by atoms with Crippen LogP contribution in [0, 0.1) is 0 Å². The Morgan fingerprint density at radius 2 is 2.00 bits per heavy atom. The van der Waals surface area contributed by atoms with Crippen LogP contribution in [0.25, 0.3) is 0 Å². The molecule has 0 spiro atoms. The molecule has 1 rings (SSSR count). The molecule has 0 saturated heterocycles. The molecule has 0 radical (unpaired) electrons.